The Balaban J connectivity index is 1.69. The minimum atomic E-state index is -0.240. The molecule has 0 N–H and O–H groups in total. The van der Waals surface area contributed by atoms with E-state index in [1.54, 1.807) is 0 Å². The van der Waals surface area contributed by atoms with E-state index in [0.717, 1.165) is 16.0 Å². The first kappa shape index (κ1) is 18.2. The maximum absolute atomic E-state index is 13.3. The van der Waals surface area contributed by atoms with Crippen LogP contribution in [0.4, 0.5) is 0 Å². The van der Waals surface area contributed by atoms with E-state index in [1.165, 1.54) is 16.2 Å². The minimum absolute atomic E-state index is 0.230. The third-order valence-corrected chi connectivity index (χ3v) is 5.63. The van der Waals surface area contributed by atoms with Gasteiger partial charge in [-0.1, -0.05) is 66.7 Å². The molecule has 2 heterocycles. The Bertz CT molecular complexity index is 1010. The second-order valence-corrected chi connectivity index (χ2v) is 7.67. The molecule has 4 nitrogen and oxygen atoms in total. The molecule has 0 bridgehead atoms. The fraction of sp³-hybridized carbons (Fsp3) is 0.130. The highest BCUT2D eigenvalue weighted by atomic mass is 32.1. The van der Waals surface area contributed by atoms with Crippen LogP contribution in [0.15, 0.2) is 83.9 Å². The van der Waals surface area contributed by atoms with E-state index in [-0.39, 0.29) is 18.4 Å². The first-order chi connectivity index (χ1) is 13.6. The Morgan fingerprint density at radius 3 is 2.07 bits per heavy atom. The number of benzene rings is 2. The molecular weight excluding hydrogens is 368 g/mol. The number of rotatable bonds is 6. The molecule has 0 aliphatic carbocycles. The molecule has 140 valence electrons. The predicted octanol–water partition coefficient (Wildman–Crippen LogP) is 4.16. The molecule has 5 heteroatoms. The van der Waals surface area contributed by atoms with Crippen LogP contribution in [0.5, 0.6) is 0 Å². The van der Waals surface area contributed by atoms with Gasteiger partial charge in [-0.25, -0.2) is 0 Å². The summed E-state index contributed by atoms with van der Waals surface area (Å²) in [5, 5.41) is 1.93. The van der Waals surface area contributed by atoms with E-state index in [0.29, 0.717) is 17.8 Å². The van der Waals surface area contributed by atoms with Gasteiger partial charge in [-0.2, -0.15) is 0 Å². The van der Waals surface area contributed by atoms with E-state index >= 15 is 0 Å². The average Bonchev–Trinajstić information content (AvgIpc) is 3.32. The molecule has 0 saturated carbocycles. The molecule has 2 aromatic carbocycles. The van der Waals surface area contributed by atoms with Gasteiger partial charge in [-0.3, -0.25) is 14.5 Å². The number of carbonyl (C=O) groups excluding carboxylic acids is 2. The average molecular weight is 388 g/mol. The van der Waals surface area contributed by atoms with Gasteiger partial charge in [0.2, 0.25) is 0 Å². The smallest absolute Gasteiger partial charge is 0.278 e. The molecule has 0 unspecified atom stereocenters. The molecule has 0 spiro atoms. The highest BCUT2D eigenvalue weighted by molar-refractivity contribution is 7.11. The van der Waals surface area contributed by atoms with Crippen LogP contribution in [-0.4, -0.2) is 28.7 Å². The molecule has 0 fully saturated rings. The summed E-state index contributed by atoms with van der Waals surface area (Å²) in [6.07, 6.45) is 0. The van der Waals surface area contributed by atoms with Crippen molar-refractivity contribution in [2.24, 2.45) is 0 Å². The van der Waals surface area contributed by atoms with Crippen LogP contribution in [0, 0.1) is 0 Å². The Hall–Kier alpha value is -3.18. The monoisotopic (exact) mass is 388 g/mol. The lowest BCUT2D eigenvalue weighted by Gasteiger charge is -2.21. The van der Waals surface area contributed by atoms with E-state index in [1.807, 2.05) is 90.1 Å². The number of hydrogen-bond donors (Lipinski definition) is 0. The van der Waals surface area contributed by atoms with Crippen LogP contribution in [0.2, 0.25) is 0 Å². The van der Waals surface area contributed by atoms with Crippen molar-refractivity contribution in [1.29, 1.82) is 0 Å². The summed E-state index contributed by atoms with van der Waals surface area (Å²) < 4.78 is 0. The highest BCUT2D eigenvalue weighted by Crippen LogP contribution is 2.34. The number of thiophene rings is 1. The SMILES string of the molecule is CN(Cc1ccccc1)C1=C(c2cccs2)C(=O)N(Cc2ccccc2)C1=O. The second-order valence-electron chi connectivity index (χ2n) is 6.72. The van der Waals surface area contributed by atoms with E-state index in [2.05, 4.69) is 0 Å². The van der Waals surface area contributed by atoms with Crippen molar-refractivity contribution >= 4 is 28.7 Å². The Morgan fingerprint density at radius 1 is 0.821 bits per heavy atom. The predicted molar refractivity (Wildman–Crippen MR) is 111 cm³/mol. The maximum atomic E-state index is 13.3. The summed E-state index contributed by atoms with van der Waals surface area (Å²) in [7, 11) is 1.87. The fourth-order valence-electron chi connectivity index (χ4n) is 3.41. The molecule has 1 aliphatic rings. The normalized spacial score (nSPS) is 14.1. The summed E-state index contributed by atoms with van der Waals surface area (Å²) in [5.41, 5.74) is 2.98. The third kappa shape index (κ3) is 3.49. The van der Waals surface area contributed by atoms with Crippen LogP contribution in [0.3, 0.4) is 0 Å². The molecule has 28 heavy (non-hydrogen) atoms. The van der Waals surface area contributed by atoms with Gasteiger partial charge in [0, 0.05) is 18.5 Å². The number of hydrogen-bond acceptors (Lipinski definition) is 4. The van der Waals surface area contributed by atoms with Crippen molar-refractivity contribution in [1.82, 2.24) is 9.80 Å². The van der Waals surface area contributed by atoms with Gasteiger partial charge in [-0.05, 0) is 22.6 Å². The molecule has 0 radical (unpaired) electrons. The Kier molecular flexibility index (Phi) is 5.08. The largest absolute Gasteiger partial charge is 0.365 e. The molecule has 0 atom stereocenters. The standard InChI is InChI=1S/C23H20N2O2S/c1-24(15-17-9-4-2-5-10-17)21-20(19-13-8-14-28-19)22(26)25(23(21)27)16-18-11-6-3-7-12-18/h2-14H,15-16H2,1H3. The van der Waals surface area contributed by atoms with Crippen LogP contribution >= 0.6 is 11.3 Å². The highest BCUT2D eigenvalue weighted by Gasteiger charge is 2.41. The number of amides is 2. The maximum Gasteiger partial charge on any atom is 0.278 e. The number of imide groups is 1. The summed E-state index contributed by atoms with van der Waals surface area (Å²) in [4.78, 5) is 30.5. The van der Waals surface area contributed by atoms with E-state index in [4.69, 9.17) is 0 Å². The quantitative estimate of drug-likeness (QED) is 0.596. The van der Waals surface area contributed by atoms with Crippen molar-refractivity contribution in [2.75, 3.05) is 7.05 Å². The Morgan fingerprint density at radius 2 is 1.46 bits per heavy atom. The zero-order chi connectivity index (χ0) is 19.5. The van der Waals surface area contributed by atoms with E-state index < -0.39 is 0 Å². The zero-order valence-corrected chi connectivity index (χ0v) is 16.4. The number of nitrogens with zero attached hydrogens (tertiary/aromatic N) is 2. The van der Waals surface area contributed by atoms with E-state index in [9.17, 15) is 9.59 Å². The second kappa shape index (κ2) is 7.82. The molecule has 1 aliphatic heterocycles. The van der Waals surface area contributed by atoms with Crippen molar-refractivity contribution in [3.63, 3.8) is 0 Å². The summed E-state index contributed by atoms with van der Waals surface area (Å²) in [6, 6.07) is 23.4. The lowest BCUT2D eigenvalue weighted by molar-refractivity contribution is -0.138. The lowest BCUT2D eigenvalue weighted by Crippen LogP contribution is -2.33. The van der Waals surface area contributed by atoms with Crippen molar-refractivity contribution in [3.05, 3.63) is 99.9 Å². The van der Waals surface area contributed by atoms with Crippen LogP contribution < -0.4 is 0 Å². The van der Waals surface area contributed by atoms with Gasteiger partial charge in [0.1, 0.15) is 5.70 Å². The van der Waals surface area contributed by atoms with Crippen molar-refractivity contribution in [3.8, 4) is 0 Å². The molecule has 2 amide bonds. The topological polar surface area (TPSA) is 40.6 Å². The molecule has 3 aromatic rings. The van der Waals surface area contributed by atoms with Crippen molar-refractivity contribution < 1.29 is 9.59 Å². The summed E-state index contributed by atoms with van der Waals surface area (Å²) in [6.45, 7) is 0.833. The van der Waals surface area contributed by atoms with Gasteiger partial charge < -0.3 is 4.90 Å². The molecular formula is C23H20N2O2S. The first-order valence-corrected chi connectivity index (χ1v) is 9.96. The minimum Gasteiger partial charge on any atom is -0.365 e. The van der Waals surface area contributed by atoms with Crippen LogP contribution in [0.1, 0.15) is 16.0 Å². The lowest BCUT2D eigenvalue weighted by atomic mass is 10.1. The summed E-state index contributed by atoms with van der Waals surface area (Å²) in [5.74, 6) is -0.470. The van der Waals surface area contributed by atoms with Gasteiger partial charge in [0.15, 0.2) is 0 Å². The van der Waals surface area contributed by atoms with Gasteiger partial charge in [0.05, 0.1) is 12.1 Å². The molecule has 1 aromatic heterocycles. The van der Waals surface area contributed by atoms with Gasteiger partial charge in [-0.15, -0.1) is 11.3 Å². The molecule has 0 saturated heterocycles. The van der Waals surface area contributed by atoms with Crippen molar-refractivity contribution in [2.45, 2.75) is 13.1 Å². The number of likely N-dealkylation sites (N-methyl/N-ethyl adjacent to an activating group) is 1. The molecule has 4 rings (SSSR count). The van der Waals surface area contributed by atoms with Gasteiger partial charge in [0.25, 0.3) is 11.8 Å². The fourth-order valence-corrected chi connectivity index (χ4v) is 4.17. The first-order valence-electron chi connectivity index (χ1n) is 9.08. The Labute approximate surface area is 168 Å². The van der Waals surface area contributed by atoms with Gasteiger partial charge >= 0.3 is 0 Å². The summed E-state index contributed by atoms with van der Waals surface area (Å²) >= 11 is 1.48. The zero-order valence-electron chi connectivity index (χ0n) is 15.5. The number of carbonyl (C=O) groups is 2. The third-order valence-electron chi connectivity index (χ3n) is 4.74. The van der Waals surface area contributed by atoms with Crippen LogP contribution in [-0.2, 0) is 22.7 Å². The van der Waals surface area contributed by atoms with Crippen LogP contribution in [0.25, 0.3) is 5.57 Å².